The molecule has 1 N–H and O–H groups in total. The molecule has 0 saturated carbocycles. The van der Waals surface area contributed by atoms with Crippen molar-refractivity contribution in [2.45, 2.75) is 6.92 Å². The first-order valence-corrected chi connectivity index (χ1v) is 5.18. The number of benzene rings is 2. The lowest BCUT2D eigenvalue weighted by Gasteiger charge is -2.06. The SMILES string of the molecule is C#Cc1ccc(Nc2ccc(C)cc2)cc1. The maximum absolute atomic E-state index is 5.30. The van der Waals surface area contributed by atoms with Crippen molar-refractivity contribution in [3.8, 4) is 12.3 Å². The fraction of sp³-hybridized carbons (Fsp3) is 0.0667. The van der Waals surface area contributed by atoms with E-state index in [1.807, 2.05) is 24.3 Å². The average molecular weight is 207 g/mol. The highest BCUT2D eigenvalue weighted by Crippen LogP contribution is 2.17. The molecule has 0 aromatic heterocycles. The van der Waals surface area contributed by atoms with E-state index in [1.54, 1.807) is 0 Å². The molecule has 0 saturated heterocycles. The molecule has 0 atom stereocenters. The number of anilines is 2. The van der Waals surface area contributed by atoms with Gasteiger partial charge in [0.2, 0.25) is 0 Å². The molecule has 0 spiro atoms. The Bertz CT molecular complexity index is 501. The molecule has 0 heterocycles. The van der Waals surface area contributed by atoms with Crippen LogP contribution in [-0.4, -0.2) is 0 Å². The minimum absolute atomic E-state index is 0.898. The fourth-order valence-corrected chi connectivity index (χ4v) is 1.45. The van der Waals surface area contributed by atoms with Crippen LogP contribution in [-0.2, 0) is 0 Å². The molecular formula is C15H13N. The van der Waals surface area contributed by atoms with E-state index in [-0.39, 0.29) is 0 Å². The van der Waals surface area contributed by atoms with E-state index < -0.39 is 0 Å². The van der Waals surface area contributed by atoms with Gasteiger partial charge in [0.1, 0.15) is 0 Å². The highest BCUT2D eigenvalue weighted by Gasteiger charge is 1.94. The van der Waals surface area contributed by atoms with Crippen LogP contribution in [0, 0.1) is 19.3 Å². The second-order valence-corrected chi connectivity index (χ2v) is 3.71. The van der Waals surface area contributed by atoms with E-state index in [0.29, 0.717) is 0 Å². The molecule has 0 aliphatic rings. The Balaban J connectivity index is 2.15. The van der Waals surface area contributed by atoms with Crippen LogP contribution in [0.4, 0.5) is 11.4 Å². The van der Waals surface area contributed by atoms with Gasteiger partial charge in [-0.05, 0) is 43.3 Å². The van der Waals surface area contributed by atoms with Crippen LogP contribution in [0.3, 0.4) is 0 Å². The first-order valence-electron chi connectivity index (χ1n) is 5.18. The predicted octanol–water partition coefficient (Wildman–Crippen LogP) is 3.72. The molecule has 0 aliphatic heterocycles. The van der Waals surface area contributed by atoms with Gasteiger partial charge < -0.3 is 5.32 Å². The third-order valence-corrected chi connectivity index (χ3v) is 2.39. The van der Waals surface area contributed by atoms with Gasteiger partial charge >= 0.3 is 0 Å². The summed E-state index contributed by atoms with van der Waals surface area (Å²) >= 11 is 0. The number of hydrogen-bond acceptors (Lipinski definition) is 1. The first-order chi connectivity index (χ1) is 7.78. The second kappa shape index (κ2) is 4.55. The normalized spacial score (nSPS) is 9.50. The third kappa shape index (κ3) is 2.43. The van der Waals surface area contributed by atoms with E-state index >= 15 is 0 Å². The van der Waals surface area contributed by atoms with Gasteiger partial charge in [-0.3, -0.25) is 0 Å². The predicted molar refractivity (Wildman–Crippen MR) is 68.8 cm³/mol. The number of nitrogens with one attached hydrogen (secondary N) is 1. The van der Waals surface area contributed by atoms with Crippen molar-refractivity contribution in [3.05, 3.63) is 59.7 Å². The molecule has 0 bridgehead atoms. The Morgan fingerprint density at radius 3 is 1.88 bits per heavy atom. The highest BCUT2D eigenvalue weighted by molar-refractivity contribution is 5.60. The maximum Gasteiger partial charge on any atom is 0.0385 e. The lowest BCUT2D eigenvalue weighted by Crippen LogP contribution is -1.89. The molecule has 0 aliphatic carbocycles. The van der Waals surface area contributed by atoms with Crippen molar-refractivity contribution in [2.24, 2.45) is 0 Å². The van der Waals surface area contributed by atoms with E-state index in [4.69, 9.17) is 6.42 Å². The zero-order chi connectivity index (χ0) is 11.4. The number of aryl methyl sites for hydroxylation is 1. The van der Waals surface area contributed by atoms with Crippen LogP contribution in [0.25, 0.3) is 0 Å². The van der Waals surface area contributed by atoms with E-state index in [0.717, 1.165) is 16.9 Å². The molecule has 1 heteroatoms. The van der Waals surface area contributed by atoms with E-state index in [9.17, 15) is 0 Å². The van der Waals surface area contributed by atoms with Crippen LogP contribution >= 0.6 is 0 Å². The molecule has 0 radical (unpaired) electrons. The van der Waals surface area contributed by atoms with Crippen LogP contribution in [0.2, 0.25) is 0 Å². The molecule has 0 amide bonds. The summed E-state index contributed by atoms with van der Waals surface area (Å²) in [6.45, 7) is 2.07. The van der Waals surface area contributed by atoms with Crippen LogP contribution in [0.15, 0.2) is 48.5 Å². The zero-order valence-electron chi connectivity index (χ0n) is 9.20. The average Bonchev–Trinajstić information content (AvgIpc) is 2.33. The van der Waals surface area contributed by atoms with Crippen molar-refractivity contribution in [1.82, 2.24) is 0 Å². The van der Waals surface area contributed by atoms with Crippen LogP contribution in [0.5, 0.6) is 0 Å². The first kappa shape index (κ1) is 10.3. The Labute approximate surface area is 96.1 Å². The quantitative estimate of drug-likeness (QED) is 0.740. The zero-order valence-corrected chi connectivity index (χ0v) is 9.20. The van der Waals surface area contributed by atoms with Crippen molar-refractivity contribution in [1.29, 1.82) is 0 Å². The van der Waals surface area contributed by atoms with Gasteiger partial charge in [-0.15, -0.1) is 6.42 Å². The van der Waals surface area contributed by atoms with Gasteiger partial charge in [-0.2, -0.15) is 0 Å². The summed E-state index contributed by atoms with van der Waals surface area (Å²) in [6.07, 6.45) is 5.30. The monoisotopic (exact) mass is 207 g/mol. The molecule has 2 aromatic carbocycles. The lowest BCUT2D eigenvalue weighted by atomic mass is 10.2. The van der Waals surface area contributed by atoms with Gasteiger partial charge in [0, 0.05) is 16.9 Å². The van der Waals surface area contributed by atoms with Crippen molar-refractivity contribution in [3.63, 3.8) is 0 Å². The van der Waals surface area contributed by atoms with Crippen molar-refractivity contribution in [2.75, 3.05) is 5.32 Å². The van der Waals surface area contributed by atoms with E-state index in [1.165, 1.54) is 5.56 Å². The van der Waals surface area contributed by atoms with Gasteiger partial charge in [0.05, 0.1) is 0 Å². The second-order valence-electron chi connectivity index (χ2n) is 3.71. The molecular weight excluding hydrogens is 194 g/mol. The van der Waals surface area contributed by atoms with Crippen LogP contribution < -0.4 is 5.32 Å². The summed E-state index contributed by atoms with van der Waals surface area (Å²) < 4.78 is 0. The van der Waals surface area contributed by atoms with E-state index in [2.05, 4.69) is 42.4 Å². The van der Waals surface area contributed by atoms with Crippen molar-refractivity contribution >= 4 is 11.4 Å². The fourth-order valence-electron chi connectivity index (χ4n) is 1.45. The molecule has 2 rings (SSSR count). The summed E-state index contributed by atoms with van der Waals surface area (Å²) in [5.41, 5.74) is 4.28. The smallest absolute Gasteiger partial charge is 0.0385 e. The molecule has 2 aromatic rings. The Morgan fingerprint density at radius 1 is 0.875 bits per heavy atom. The highest BCUT2D eigenvalue weighted by atomic mass is 14.9. The van der Waals surface area contributed by atoms with Gasteiger partial charge in [0.25, 0.3) is 0 Å². The van der Waals surface area contributed by atoms with Gasteiger partial charge in [0.15, 0.2) is 0 Å². The molecule has 0 fully saturated rings. The standard InChI is InChI=1S/C15H13N/c1-3-13-6-10-15(11-7-13)16-14-8-4-12(2)5-9-14/h1,4-11,16H,2H3. The minimum Gasteiger partial charge on any atom is -0.356 e. The topological polar surface area (TPSA) is 12.0 Å². The van der Waals surface area contributed by atoms with Gasteiger partial charge in [-0.25, -0.2) is 0 Å². The summed E-state index contributed by atoms with van der Waals surface area (Å²) in [7, 11) is 0. The number of rotatable bonds is 2. The van der Waals surface area contributed by atoms with Gasteiger partial charge in [-0.1, -0.05) is 23.6 Å². The Hall–Kier alpha value is -2.20. The van der Waals surface area contributed by atoms with Crippen molar-refractivity contribution < 1.29 is 0 Å². The largest absolute Gasteiger partial charge is 0.356 e. The lowest BCUT2D eigenvalue weighted by molar-refractivity contribution is 1.45. The Kier molecular flexibility index (Phi) is 2.93. The van der Waals surface area contributed by atoms with Crippen LogP contribution in [0.1, 0.15) is 11.1 Å². The number of hydrogen-bond donors (Lipinski definition) is 1. The molecule has 16 heavy (non-hydrogen) atoms. The minimum atomic E-state index is 0.898. The molecule has 0 unspecified atom stereocenters. The summed E-state index contributed by atoms with van der Waals surface area (Å²) in [4.78, 5) is 0. The molecule has 1 nitrogen and oxygen atoms in total. The molecule has 78 valence electrons. The number of terminal acetylenes is 1. The summed E-state index contributed by atoms with van der Waals surface area (Å²) in [6, 6.07) is 16.1. The third-order valence-electron chi connectivity index (χ3n) is 2.39. The summed E-state index contributed by atoms with van der Waals surface area (Å²) in [5, 5.41) is 3.31. The Morgan fingerprint density at radius 2 is 1.38 bits per heavy atom. The maximum atomic E-state index is 5.30. The summed E-state index contributed by atoms with van der Waals surface area (Å²) in [5.74, 6) is 2.60.